The fourth-order valence-corrected chi connectivity index (χ4v) is 3.53. The van der Waals surface area contributed by atoms with Gasteiger partial charge in [0.2, 0.25) is 0 Å². The molecule has 120 valence electrons. The van der Waals surface area contributed by atoms with Crippen molar-refractivity contribution in [3.63, 3.8) is 0 Å². The number of likely N-dealkylation sites (tertiary alicyclic amines) is 1. The second-order valence-corrected chi connectivity index (χ2v) is 6.24. The van der Waals surface area contributed by atoms with E-state index in [1.54, 1.807) is 0 Å². The molecule has 0 radical (unpaired) electrons. The van der Waals surface area contributed by atoms with Gasteiger partial charge in [-0.3, -0.25) is 4.90 Å². The maximum atomic E-state index is 6.18. The zero-order chi connectivity index (χ0) is 15.5. The Morgan fingerprint density at radius 2 is 2.00 bits per heavy atom. The van der Waals surface area contributed by atoms with Crippen molar-refractivity contribution in [1.29, 1.82) is 0 Å². The highest BCUT2D eigenvalue weighted by Crippen LogP contribution is 2.34. The van der Waals surface area contributed by atoms with Crippen LogP contribution in [0.4, 0.5) is 5.69 Å². The molecule has 3 N–H and O–H groups in total. The molecule has 0 atom stereocenters. The summed E-state index contributed by atoms with van der Waals surface area (Å²) in [6, 6.07) is 3.95. The molecule has 4 nitrogen and oxygen atoms in total. The molecule has 1 aliphatic rings. The van der Waals surface area contributed by atoms with Crippen LogP contribution in [0.1, 0.15) is 37.4 Å². The first-order valence-corrected chi connectivity index (χ1v) is 8.45. The van der Waals surface area contributed by atoms with Gasteiger partial charge in [-0.25, -0.2) is 0 Å². The lowest BCUT2D eigenvalue weighted by atomic mass is 10.1. The number of nitrogens with two attached hydrogens (primary N) is 1. The first-order valence-electron chi connectivity index (χ1n) is 8.45. The van der Waals surface area contributed by atoms with Gasteiger partial charge in [-0.15, -0.1) is 0 Å². The number of hydrogen-bond donors (Lipinski definition) is 2. The van der Waals surface area contributed by atoms with Gasteiger partial charge in [0.05, 0.1) is 5.52 Å². The summed E-state index contributed by atoms with van der Waals surface area (Å²) >= 11 is 0. The molecule has 1 aromatic carbocycles. The van der Waals surface area contributed by atoms with Crippen molar-refractivity contribution in [2.24, 2.45) is 0 Å². The van der Waals surface area contributed by atoms with Crippen LogP contribution < -0.4 is 10.5 Å². The van der Waals surface area contributed by atoms with Gasteiger partial charge in [0.15, 0.2) is 0 Å². The lowest BCUT2D eigenvalue weighted by Gasteiger charge is -2.26. The van der Waals surface area contributed by atoms with E-state index in [-0.39, 0.29) is 0 Å². The van der Waals surface area contributed by atoms with E-state index >= 15 is 0 Å². The van der Waals surface area contributed by atoms with Crippen molar-refractivity contribution in [2.45, 2.75) is 39.5 Å². The van der Waals surface area contributed by atoms with E-state index in [1.807, 2.05) is 12.1 Å². The predicted octanol–water partition coefficient (Wildman–Crippen LogP) is 3.49. The van der Waals surface area contributed by atoms with E-state index in [0.29, 0.717) is 0 Å². The number of aromatic amines is 1. The molecule has 22 heavy (non-hydrogen) atoms. The molecule has 2 heterocycles. The monoisotopic (exact) mass is 301 g/mol. The van der Waals surface area contributed by atoms with Crippen LogP contribution in [0.5, 0.6) is 5.75 Å². The summed E-state index contributed by atoms with van der Waals surface area (Å²) < 4.78 is 6.06. The Balaban J connectivity index is 1.75. The third-order valence-corrected chi connectivity index (χ3v) is 4.73. The van der Waals surface area contributed by atoms with Crippen molar-refractivity contribution in [3.8, 4) is 5.75 Å². The topological polar surface area (TPSA) is 54.3 Å². The molecule has 0 saturated carbocycles. The van der Waals surface area contributed by atoms with Crippen molar-refractivity contribution in [2.75, 3.05) is 32.0 Å². The van der Waals surface area contributed by atoms with Crippen molar-refractivity contribution in [1.82, 2.24) is 9.88 Å². The fourth-order valence-electron chi connectivity index (χ4n) is 3.53. The zero-order valence-electron chi connectivity index (χ0n) is 13.7. The van der Waals surface area contributed by atoms with Crippen LogP contribution in [0.15, 0.2) is 12.1 Å². The van der Waals surface area contributed by atoms with Gasteiger partial charge in [0.1, 0.15) is 12.4 Å². The molecule has 0 bridgehead atoms. The first-order chi connectivity index (χ1) is 10.7. The van der Waals surface area contributed by atoms with E-state index in [4.69, 9.17) is 10.5 Å². The van der Waals surface area contributed by atoms with Gasteiger partial charge in [0, 0.05) is 23.3 Å². The van der Waals surface area contributed by atoms with Crippen LogP contribution in [0.25, 0.3) is 10.9 Å². The summed E-state index contributed by atoms with van der Waals surface area (Å²) in [6.07, 6.45) is 4.99. The number of H-pyrrole nitrogens is 1. The Hall–Kier alpha value is -1.68. The molecule has 0 unspecified atom stereocenters. The third-order valence-electron chi connectivity index (χ3n) is 4.73. The Morgan fingerprint density at radius 1 is 1.23 bits per heavy atom. The quantitative estimate of drug-likeness (QED) is 0.831. The van der Waals surface area contributed by atoms with Crippen LogP contribution in [-0.2, 0) is 6.42 Å². The lowest BCUT2D eigenvalue weighted by molar-refractivity contribution is 0.184. The second-order valence-electron chi connectivity index (χ2n) is 6.24. The molecule has 1 fully saturated rings. The summed E-state index contributed by atoms with van der Waals surface area (Å²) in [4.78, 5) is 5.95. The number of nitrogens with one attached hydrogen (secondary N) is 1. The number of aryl methyl sites for hydroxylation is 2. The molecule has 1 saturated heterocycles. The lowest BCUT2D eigenvalue weighted by Crippen LogP contribution is -2.33. The van der Waals surface area contributed by atoms with Crippen LogP contribution in [0.3, 0.4) is 0 Å². The minimum atomic E-state index is 0.735. The number of aromatic nitrogens is 1. The average Bonchev–Trinajstić information content (AvgIpc) is 2.88. The highest BCUT2D eigenvalue weighted by atomic mass is 16.5. The number of anilines is 1. The van der Waals surface area contributed by atoms with E-state index < -0.39 is 0 Å². The van der Waals surface area contributed by atoms with Gasteiger partial charge >= 0.3 is 0 Å². The number of rotatable bonds is 5. The molecule has 0 amide bonds. The van der Waals surface area contributed by atoms with Crippen molar-refractivity contribution >= 4 is 16.6 Å². The van der Waals surface area contributed by atoms with E-state index in [0.717, 1.165) is 41.9 Å². The fraction of sp³-hybridized carbons (Fsp3) is 0.556. The second kappa shape index (κ2) is 6.61. The van der Waals surface area contributed by atoms with Crippen LogP contribution >= 0.6 is 0 Å². The Bertz CT molecular complexity index is 641. The SMILES string of the molecule is CCc1c(C)[nH]c2c(OCCN3CCCCC3)ccc(N)c12. The summed E-state index contributed by atoms with van der Waals surface area (Å²) in [5.41, 5.74) is 10.5. The number of fused-ring (bicyclic) bond motifs is 1. The predicted molar refractivity (Wildman–Crippen MR) is 92.6 cm³/mol. The number of piperidine rings is 1. The number of hydrogen-bond acceptors (Lipinski definition) is 3. The Morgan fingerprint density at radius 3 is 2.73 bits per heavy atom. The van der Waals surface area contributed by atoms with Gasteiger partial charge < -0.3 is 15.5 Å². The van der Waals surface area contributed by atoms with Crippen LogP contribution in [0, 0.1) is 6.92 Å². The van der Waals surface area contributed by atoms with Gasteiger partial charge in [-0.2, -0.15) is 0 Å². The minimum absolute atomic E-state index is 0.735. The normalized spacial score (nSPS) is 16.3. The van der Waals surface area contributed by atoms with E-state index in [9.17, 15) is 0 Å². The zero-order valence-corrected chi connectivity index (χ0v) is 13.7. The number of nitrogen functional groups attached to an aromatic ring is 1. The molecule has 0 aliphatic carbocycles. The summed E-state index contributed by atoms with van der Waals surface area (Å²) in [5.74, 6) is 0.920. The van der Waals surface area contributed by atoms with Gasteiger partial charge in [0.25, 0.3) is 0 Å². The standard InChI is InChI=1S/C18H27N3O/c1-3-14-13(2)20-18-16(8-7-15(19)17(14)18)22-12-11-21-9-5-4-6-10-21/h7-8,20H,3-6,9-12,19H2,1-2H3. The summed E-state index contributed by atoms with van der Waals surface area (Å²) in [5, 5.41) is 1.13. The van der Waals surface area contributed by atoms with E-state index in [2.05, 4.69) is 23.7 Å². The van der Waals surface area contributed by atoms with Crippen molar-refractivity contribution in [3.05, 3.63) is 23.4 Å². The molecule has 0 spiro atoms. The number of ether oxygens (including phenoxy) is 1. The maximum Gasteiger partial charge on any atom is 0.143 e. The number of benzene rings is 1. The smallest absolute Gasteiger partial charge is 0.143 e. The van der Waals surface area contributed by atoms with Crippen LogP contribution in [0.2, 0.25) is 0 Å². The average molecular weight is 301 g/mol. The molecule has 4 heteroatoms. The largest absolute Gasteiger partial charge is 0.490 e. The molecule has 2 aromatic rings. The molecule has 3 rings (SSSR count). The van der Waals surface area contributed by atoms with Gasteiger partial charge in [-0.1, -0.05) is 13.3 Å². The van der Waals surface area contributed by atoms with Gasteiger partial charge in [-0.05, 0) is 57.0 Å². The Labute approximate surface area is 132 Å². The number of nitrogens with zero attached hydrogens (tertiary/aromatic N) is 1. The molecular weight excluding hydrogens is 274 g/mol. The van der Waals surface area contributed by atoms with Crippen LogP contribution in [-0.4, -0.2) is 36.1 Å². The molecule has 1 aromatic heterocycles. The maximum absolute atomic E-state index is 6.18. The highest BCUT2D eigenvalue weighted by Gasteiger charge is 2.15. The first kappa shape index (κ1) is 15.2. The molecule has 1 aliphatic heterocycles. The Kier molecular flexibility index (Phi) is 4.57. The third kappa shape index (κ3) is 2.93. The molecular formula is C18H27N3O. The highest BCUT2D eigenvalue weighted by molar-refractivity contribution is 5.98. The van der Waals surface area contributed by atoms with E-state index in [1.165, 1.54) is 43.6 Å². The minimum Gasteiger partial charge on any atom is -0.490 e. The van der Waals surface area contributed by atoms with Crippen molar-refractivity contribution < 1.29 is 4.74 Å². The summed E-state index contributed by atoms with van der Waals surface area (Å²) in [7, 11) is 0. The summed E-state index contributed by atoms with van der Waals surface area (Å²) in [6.45, 7) is 8.43.